The van der Waals surface area contributed by atoms with E-state index in [-0.39, 0.29) is 24.1 Å². The van der Waals surface area contributed by atoms with Gasteiger partial charge in [0.1, 0.15) is 12.0 Å². The third-order valence-corrected chi connectivity index (χ3v) is 3.37. The van der Waals surface area contributed by atoms with E-state index >= 15 is 0 Å². The average Bonchev–Trinajstić information content (AvgIpc) is 2.64. The Kier molecular flexibility index (Phi) is 2.40. The normalized spacial score (nSPS) is 31.8. The lowest BCUT2D eigenvalue weighted by molar-refractivity contribution is -0.181. The molecule has 84 valence electrons. The van der Waals surface area contributed by atoms with Crippen LogP contribution in [0.3, 0.4) is 0 Å². The fourth-order valence-corrected chi connectivity index (χ4v) is 2.39. The molecule has 16 heavy (non-hydrogen) atoms. The second kappa shape index (κ2) is 3.91. The molecular weight excluding hydrogens is 204 g/mol. The van der Waals surface area contributed by atoms with Crippen molar-refractivity contribution in [1.82, 2.24) is 0 Å². The van der Waals surface area contributed by atoms with Crippen LogP contribution < -0.4 is 0 Å². The Bertz CT molecular complexity index is 387. The number of carbonyl (C=O) groups excluding carboxylic acids is 1. The summed E-state index contributed by atoms with van der Waals surface area (Å²) in [4.78, 5) is 11.0. The number of carbonyl (C=O) groups is 1. The van der Waals surface area contributed by atoms with Crippen LogP contribution in [0.25, 0.3) is 0 Å². The van der Waals surface area contributed by atoms with Gasteiger partial charge in [-0.1, -0.05) is 30.3 Å². The number of esters is 1. The zero-order valence-electron chi connectivity index (χ0n) is 8.96. The van der Waals surface area contributed by atoms with Crippen LogP contribution in [0.15, 0.2) is 30.3 Å². The molecule has 2 aliphatic rings. The minimum Gasteiger partial charge on any atom is -0.458 e. The van der Waals surface area contributed by atoms with Crippen molar-refractivity contribution in [2.24, 2.45) is 5.92 Å². The number of aryl methyl sites for hydroxylation is 1. The molecule has 1 aromatic carbocycles. The summed E-state index contributed by atoms with van der Waals surface area (Å²) >= 11 is 0. The maximum absolute atomic E-state index is 11.0. The molecule has 0 amide bonds. The summed E-state index contributed by atoms with van der Waals surface area (Å²) in [5, 5.41) is 0. The number of benzene rings is 1. The fraction of sp³-hybridized carbons (Fsp3) is 0.462. The van der Waals surface area contributed by atoms with E-state index in [0.717, 1.165) is 12.8 Å². The first-order chi connectivity index (χ1) is 7.84. The van der Waals surface area contributed by atoms with Gasteiger partial charge in [-0.2, -0.15) is 0 Å². The standard InChI is InChI=1S/C13H14O3/c14-13-10-8-15-11(12(10)16-13)7-6-9-4-2-1-3-5-9/h1-5,10-12H,6-8H2/t10-,11+,12-/m0/s1. The number of rotatable bonds is 3. The Hall–Kier alpha value is -1.35. The molecule has 0 bridgehead atoms. The van der Waals surface area contributed by atoms with Gasteiger partial charge in [0.05, 0.1) is 12.7 Å². The minimum atomic E-state index is -0.0905. The SMILES string of the molecule is O=C1O[C@H]2[C@@H]1CO[C@@H]2CCc1ccccc1. The van der Waals surface area contributed by atoms with E-state index in [1.165, 1.54) is 5.56 Å². The molecule has 3 atom stereocenters. The third-order valence-electron chi connectivity index (χ3n) is 3.37. The van der Waals surface area contributed by atoms with Crippen LogP contribution >= 0.6 is 0 Å². The largest absolute Gasteiger partial charge is 0.458 e. The predicted molar refractivity (Wildman–Crippen MR) is 57.9 cm³/mol. The van der Waals surface area contributed by atoms with Crippen LogP contribution in [0, 0.1) is 5.92 Å². The number of fused-ring (bicyclic) bond motifs is 1. The molecule has 3 rings (SSSR count). The first-order valence-corrected chi connectivity index (χ1v) is 5.70. The first kappa shape index (κ1) is 9.85. The molecular formula is C13H14O3. The molecule has 2 fully saturated rings. The van der Waals surface area contributed by atoms with Crippen LogP contribution in [0.4, 0.5) is 0 Å². The lowest BCUT2D eigenvalue weighted by Crippen LogP contribution is -2.47. The van der Waals surface area contributed by atoms with Gasteiger partial charge < -0.3 is 9.47 Å². The molecule has 2 saturated heterocycles. The van der Waals surface area contributed by atoms with Crippen molar-refractivity contribution in [3.8, 4) is 0 Å². The maximum atomic E-state index is 11.0. The second-order valence-corrected chi connectivity index (χ2v) is 4.40. The van der Waals surface area contributed by atoms with Crippen LogP contribution in [0.1, 0.15) is 12.0 Å². The molecule has 0 N–H and O–H groups in total. The van der Waals surface area contributed by atoms with Gasteiger partial charge in [-0.3, -0.25) is 4.79 Å². The van der Waals surface area contributed by atoms with Gasteiger partial charge in [0.2, 0.25) is 0 Å². The fourth-order valence-electron chi connectivity index (χ4n) is 2.39. The second-order valence-electron chi connectivity index (χ2n) is 4.40. The van der Waals surface area contributed by atoms with E-state index in [0.29, 0.717) is 6.61 Å². The van der Waals surface area contributed by atoms with Gasteiger partial charge in [0.15, 0.2) is 0 Å². The van der Waals surface area contributed by atoms with Gasteiger partial charge in [-0.25, -0.2) is 0 Å². The monoisotopic (exact) mass is 218 g/mol. The summed E-state index contributed by atoms with van der Waals surface area (Å²) in [6.45, 7) is 0.545. The molecule has 0 unspecified atom stereocenters. The highest BCUT2D eigenvalue weighted by atomic mass is 16.6. The Morgan fingerprint density at radius 3 is 2.75 bits per heavy atom. The molecule has 1 aromatic rings. The lowest BCUT2D eigenvalue weighted by atomic mass is 9.93. The zero-order valence-corrected chi connectivity index (χ0v) is 8.96. The van der Waals surface area contributed by atoms with E-state index in [2.05, 4.69) is 12.1 Å². The lowest BCUT2D eigenvalue weighted by Gasteiger charge is -2.30. The summed E-state index contributed by atoms with van der Waals surface area (Å²) in [5.74, 6) is -0.0759. The Morgan fingerprint density at radius 2 is 2.06 bits per heavy atom. The number of hydrogen-bond acceptors (Lipinski definition) is 3. The van der Waals surface area contributed by atoms with Gasteiger partial charge >= 0.3 is 5.97 Å². The van der Waals surface area contributed by atoms with Crippen molar-refractivity contribution in [3.05, 3.63) is 35.9 Å². The zero-order chi connectivity index (χ0) is 11.0. The van der Waals surface area contributed by atoms with Crippen LogP contribution in [0.5, 0.6) is 0 Å². The van der Waals surface area contributed by atoms with E-state index in [9.17, 15) is 4.79 Å². The highest BCUT2D eigenvalue weighted by Crippen LogP contribution is 2.35. The Labute approximate surface area is 94.4 Å². The molecule has 0 aliphatic carbocycles. The van der Waals surface area contributed by atoms with Crippen LogP contribution in [-0.2, 0) is 20.7 Å². The molecule has 3 nitrogen and oxygen atoms in total. The summed E-state index contributed by atoms with van der Waals surface area (Å²) in [7, 11) is 0. The van der Waals surface area contributed by atoms with Crippen LogP contribution in [-0.4, -0.2) is 24.8 Å². The van der Waals surface area contributed by atoms with Gasteiger partial charge in [0.25, 0.3) is 0 Å². The maximum Gasteiger partial charge on any atom is 0.315 e. The highest BCUT2D eigenvalue weighted by molar-refractivity contribution is 5.79. The smallest absolute Gasteiger partial charge is 0.315 e. The Balaban J connectivity index is 1.55. The van der Waals surface area contributed by atoms with Crippen molar-refractivity contribution >= 4 is 5.97 Å². The summed E-state index contributed by atoms with van der Waals surface area (Å²) in [6, 6.07) is 10.3. The summed E-state index contributed by atoms with van der Waals surface area (Å²) in [5.41, 5.74) is 1.31. The molecule has 0 saturated carbocycles. The first-order valence-electron chi connectivity index (χ1n) is 5.70. The topological polar surface area (TPSA) is 35.5 Å². The molecule has 0 aromatic heterocycles. The third kappa shape index (κ3) is 1.61. The van der Waals surface area contributed by atoms with Crippen molar-refractivity contribution in [2.75, 3.05) is 6.61 Å². The number of hydrogen-bond donors (Lipinski definition) is 0. The number of ether oxygens (including phenoxy) is 2. The summed E-state index contributed by atoms with van der Waals surface area (Å²) < 4.78 is 10.7. The molecule has 0 radical (unpaired) electrons. The van der Waals surface area contributed by atoms with Crippen molar-refractivity contribution in [1.29, 1.82) is 0 Å². The summed E-state index contributed by atoms with van der Waals surface area (Å²) in [6.07, 6.45) is 2.03. The highest BCUT2D eigenvalue weighted by Gasteiger charge is 2.52. The van der Waals surface area contributed by atoms with Crippen molar-refractivity contribution in [3.63, 3.8) is 0 Å². The molecule has 2 aliphatic heterocycles. The Morgan fingerprint density at radius 1 is 1.25 bits per heavy atom. The van der Waals surface area contributed by atoms with Gasteiger partial charge in [0, 0.05) is 0 Å². The van der Waals surface area contributed by atoms with E-state index in [4.69, 9.17) is 9.47 Å². The van der Waals surface area contributed by atoms with Crippen molar-refractivity contribution < 1.29 is 14.3 Å². The van der Waals surface area contributed by atoms with E-state index in [1.54, 1.807) is 0 Å². The molecule has 2 heterocycles. The average molecular weight is 218 g/mol. The molecule has 3 heteroatoms. The van der Waals surface area contributed by atoms with E-state index < -0.39 is 0 Å². The predicted octanol–water partition coefficient (Wildman–Crippen LogP) is 1.56. The van der Waals surface area contributed by atoms with Crippen LogP contribution in [0.2, 0.25) is 0 Å². The quantitative estimate of drug-likeness (QED) is 0.722. The van der Waals surface area contributed by atoms with Gasteiger partial charge in [-0.15, -0.1) is 0 Å². The van der Waals surface area contributed by atoms with E-state index in [1.807, 2.05) is 18.2 Å². The van der Waals surface area contributed by atoms with Gasteiger partial charge in [-0.05, 0) is 18.4 Å². The minimum absolute atomic E-state index is 0.0146. The molecule has 0 spiro atoms. The van der Waals surface area contributed by atoms with Crippen molar-refractivity contribution in [2.45, 2.75) is 25.0 Å².